The summed E-state index contributed by atoms with van der Waals surface area (Å²) >= 11 is 19.8. The SMILES string of the molecule is Cc1c(C(=O)OCCc2ccccc2)sc2ncn(Cc3c(Cl)ccc(Cl)c3Cl)c(=O)c12. The Morgan fingerprint density at radius 2 is 1.81 bits per heavy atom. The summed E-state index contributed by atoms with van der Waals surface area (Å²) in [4.78, 5) is 31.0. The maximum Gasteiger partial charge on any atom is 0.348 e. The van der Waals surface area contributed by atoms with Crippen LogP contribution < -0.4 is 5.56 Å². The number of ether oxygens (including phenoxy) is 1. The number of hydrogen-bond donors (Lipinski definition) is 0. The van der Waals surface area contributed by atoms with E-state index in [4.69, 9.17) is 39.5 Å². The van der Waals surface area contributed by atoms with Gasteiger partial charge in [0.1, 0.15) is 9.71 Å². The minimum atomic E-state index is -0.465. The van der Waals surface area contributed by atoms with Crippen molar-refractivity contribution in [2.24, 2.45) is 0 Å². The zero-order valence-corrected chi connectivity index (χ0v) is 20.0. The van der Waals surface area contributed by atoms with Crippen molar-refractivity contribution in [2.75, 3.05) is 6.61 Å². The van der Waals surface area contributed by atoms with Gasteiger partial charge in [0, 0.05) is 17.0 Å². The number of rotatable bonds is 6. The highest BCUT2D eigenvalue weighted by molar-refractivity contribution is 7.20. The summed E-state index contributed by atoms with van der Waals surface area (Å²) in [5.41, 5.74) is 1.86. The predicted octanol–water partition coefficient (Wildman–Crippen LogP) is 6.17. The third-order valence-corrected chi connectivity index (χ3v) is 7.41. The quantitative estimate of drug-likeness (QED) is 0.231. The summed E-state index contributed by atoms with van der Waals surface area (Å²) in [7, 11) is 0. The summed E-state index contributed by atoms with van der Waals surface area (Å²) in [6.07, 6.45) is 2.03. The number of aromatic nitrogens is 2. The maximum atomic E-state index is 13.2. The van der Waals surface area contributed by atoms with Crippen LogP contribution in [0.2, 0.25) is 15.1 Å². The van der Waals surface area contributed by atoms with Crippen LogP contribution in [0.1, 0.15) is 26.4 Å². The highest BCUT2D eigenvalue weighted by Gasteiger charge is 2.21. The minimum Gasteiger partial charge on any atom is -0.461 e. The minimum absolute atomic E-state index is 0.103. The van der Waals surface area contributed by atoms with Crippen LogP contribution in [0.5, 0.6) is 0 Å². The molecule has 4 rings (SSSR count). The molecule has 0 aliphatic carbocycles. The number of carbonyl (C=O) groups excluding carboxylic acids is 1. The average molecular weight is 508 g/mol. The van der Waals surface area contributed by atoms with Crippen LogP contribution in [-0.2, 0) is 17.7 Å². The fourth-order valence-electron chi connectivity index (χ4n) is 3.32. The van der Waals surface area contributed by atoms with E-state index in [-0.39, 0.29) is 23.7 Å². The van der Waals surface area contributed by atoms with Gasteiger partial charge in [-0.05, 0) is 30.2 Å². The van der Waals surface area contributed by atoms with Crippen LogP contribution in [-0.4, -0.2) is 22.1 Å². The van der Waals surface area contributed by atoms with Gasteiger partial charge in [-0.25, -0.2) is 9.78 Å². The summed E-state index contributed by atoms with van der Waals surface area (Å²) in [6, 6.07) is 13.0. The van der Waals surface area contributed by atoms with Crippen molar-refractivity contribution >= 4 is 62.3 Å². The molecule has 0 aliphatic heterocycles. The first-order valence-electron chi connectivity index (χ1n) is 9.68. The number of fused-ring (bicyclic) bond motifs is 1. The van der Waals surface area contributed by atoms with Crippen LogP contribution in [0.15, 0.2) is 53.6 Å². The molecule has 2 heterocycles. The van der Waals surface area contributed by atoms with E-state index < -0.39 is 5.97 Å². The molecule has 5 nitrogen and oxygen atoms in total. The Morgan fingerprint density at radius 3 is 2.56 bits per heavy atom. The largest absolute Gasteiger partial charge is 0.461 e. The highest BCUT2D eigenvalue weighted by Crippen LogP contribution is 2.32. The van der Waals surface area contributed by atoms with Gasteiger partial charge in [-0.2, -0.15) is 0 Å². The summed E-state index contributed by atoms with van der Waals surface area (Å²) in [5, 5.41) is 1.41. The number of thiophene rings is 1. The molecule has 0 N–H and O–H groups in total. The van der Waals surface area contributed by atoms with E-state index in [0.29, 0.717) is 42.7 Å². The van der Waals surface area contributed by atoms with Crippen molar-refractivity contribution in [1.29, 1.82) is 0 Å². The van der Waals surface area contributed by atoms with E-state index >= 15 is 0 Å². The lowest BCUT2D eigenvalue weighted by Gasteiger charge is -2.10. The van der Waals surface area contributed by atoms with Crippen molar-refractivity contribution in [2.45, 2.75) is 19.9 Å². The molecule has 4 aromatic rings. The number of halogens is 3. The second-order valence-electron chi connectivity index (χ2n) is 7.11. The van der Waals surface area contributed by atoms with Crippen LogP contribution in [0, 0.1) is 6.92 Å². The topological polar surface area (TPSA) is 61.2 Å². The molecule has 2 aromatic heterocycles. The lowest BCUT2D eigenvalue weighted by Crippen LogP contribution is -2.21. The smallest absolute Gasteiger partial charge is 0.348 e. The van der Waals surface area contributed by atoms with Crippen molar-refractivity contribution in [1.82, 2.24) is 9.55 Å². The predicted molar refractivity (Wildman–Crippen MR) is 130 cm³/mol. The van der Waals surface area contributed by atoms with Crippen LogP contribution in [0.25, 0.3) is 10.2 Å². The average Bonchev–Trinajstić information content (AvgIpc) is 3.13. The molecule has 0 saturated heterocycles. The van der Waals surface area contributed by atoms with Crippen LogP contribution in [0.4, 0.5) is 0 Å². The Kier molecular flexibility index (Phi) is 6.86. The van der Waals surface area contributed by atoms with E-state index in [2.05, 4.69) is 4.98 Å². The van der Waals surface area contributed by atoms with Crippen molar-refractivity contribution in [3.05, 3.63) is 95.8 Å². The Morgan fingerprint density at radius 1 is 1.09 bits per heavy atom. The lowest BCUT2D eigenvalue weighted by atomic mass is 10.2. The number of esters is 1. The summed E-state index contributed by atoms with van der Waals surface area (Å²) < 4.78 is 6.84. The Hall–Kier alpha value is -2.38. The molecule has 2 aromatic carbocycles. The first-order valence-corrected chi connectivity index (χ1v) is 11.6. The normalized spacial score (nSPS) is 11.1. The van der Waals surface area contributed by atoms with E-state index in [1.165, 1.54) is 10.9 Å². The highest BCUT2D eigenvalue weighted by atomic mass is 35.5. The van der Waals surface area contributed by atoms with Crippen LogP contribution in [0.3, 0.4) is 0 Å². The van der Waals surface area contributed by atoms with Crippen molar-refractivity contribution < 1.29 is 9.53 Å². The van der Waals surface area contributed by atoms with Gasteiger partial charge in [0.2, 0.25) is 0 Å². The number of aryl methyl sites for hydroxylation is 1. The zero-order chi connectivity index (χ0) is 22.8. The standard InChI is InChI=1S/C23H17Cl3N2O3S/c1-13-18-21(32-20(13)23(30)31-10-9-14-5-3-2-4-6-14)27-12-28(22(18)29)11-15-16(24)7-8-17(25)19(15)26/h2-8,12H,9-11H2,1H3. The van der Waals surface area contributed by atoms with E-state index in [9.17, 15) is 9.59 Å². The molecule has 32 heavy (non-hydrogen) atoms. The number of hydrogen-bond acceptors (Lipinski definition) is 5. The number of carbonyl (C=O) groups is 1. The van der Waals surface area contributed by atoms with Gasteiger partial charge in [-0.3, -0.25) is 9.36 Å². The summed E-state index contributed by atoms with van der Waals surface area (Å²) in [5.74, 6) is -0.465. The van der Waals surface area contributed by atoms with Gasteiger partial charge < -0.3 is 4.74 Å². The molecular weight excluding hydrogens is 491 g/mol. The first-order chi connectivity index (χ1) is 15.4. The fourth-order valence-corrected chi connectivity index (χ4v) is 5.02. The number of benzene rings is 2. The second-order valence-corrected chi connectivity index (χ2v) is 9.30. The van der Waals surface area contributed by atoms with Gasteiger partial charge in [0.05, 0.1) is 34.9 Å². The second kappa shape index (κ2) is 9.63. The molecular formula is C23H17Cl3N2O3S. The van der Waals surface area contributed by atoms with Crippen molar-refractivity contribution in [3.63, 3.8) is 0 Å². The fraction of sp³-hybridized carbons (Fsp3) is 0.174. The molecule has 0 aliphatic rings. The number of nitrogens with zero attached hydrogens (tertiary/aromatic N) is 2. The molecule has 0 saturated carbocycles. The van der Waals surface area contributed by atoms with Gasteiger partial charge in [0.25, 0.3) is 5.56 Å². The summed E-state index contributed by atoms with van der Waals surface area (Å²) in [6.45, 7) is 2.07. The Bertz CT molecular complexity index is 1370. The van der Waals surface area contributed by atoms with Gasteiger partial charge in [0.15, 0.2) is 0 Å². The van der Waals surface area contributed by atoms with E-state index in [0.717, 1.165) is 16.9 Å². The maximum absolute atomic E-state index is 13.2. The molecule has 9 heteroatoms. The van der Waals surface area contributed by atoms with Crippen LogP contribution >= 0.6 is 46.1 Å². The molecule has 0 atom stereocenters. The van der Waals surface area contributed by atoms with Gasteiger partial charge in [-0.1, -0.05) is 65.1 Å². The molecule has 0 unspecified atom stereocenters. The molecule has 0 amide bonds. The molecule has 0 spiro atoms. The Labute approximate surface area is 203 Å². The lowest BCUT2D eigenvalue weighted by molar-refractivity contribution is 0.0514. The van der Waals surface area contributed by atoms with Gasteiger partial charge in [-0.15, -0.1) is 11.3 Å². The third kappa shape index (κ3) is 4.55. The first kappa shape index (κ1) is 22.8. The Balaban J connectivity index is 1.59. The molecule has 0 fully saturated rings. The molecule has 0 radical (unpaired) electrons. The van der Waals surface area contributed by atoms with Gasteiger partial charge >= 0.3 is 5.97 Å². The molecule has 0 bridgehead atoms. The monoisotopic (exact) mass is 506 g/mol. The van der Waals surface area contributed by atoms with E-state index in [1.807, 2.05) is 30.3 Å². The zero-order valence-electron chi connectivity index (χ0n) is 16.9. The van der Waals surface area contributed by atoms with Crippen molar-refractivity contribution in [3.8, 4) is 0 Å². The molecule has 164 valence electrons. The third-order valence-electron chi connectivity index (χ3n) is 5.04. The van der Waals surface area contributed by atoms with E-state index in [1.54, 1.807) is 19.1 Å².